The predicted octanol–water partition coefficient (Wildman–Crippen LogP) is 5.43. The van der Waals surface area contributed by atoms with E-state index in [0.29, 0.717) is 17.3 Å². The van der Waals surface area contributed by atoms with Gasteiger partial charge in [0.25, 0.3) is 11.8 Å². The number of aliphatic carboxylic acids is 1. The van der Waals surface area contributed by atoms with Gasteiger partial charge in [-0.1, -0.05) is 55.8 Å². The Labute approximate surface area is 248 Å². The molecule has 11 heteroatoms. The van der Waals surface area contributed by atoms with Crippen LogP contribution in [0.3, 0.4) is 0 Å². The molecule has 9 nitrogen and oxygen atoms in total. The van der Waals surface area contributed by atoms with E-state index in [1.54, 1.807) is 30.3 Å². The van der Waals surface area contributed by atoms with Gasteiger partial charge in [-0.25, -0.2) is 13.6 Å². The molecule has 4 amide bonds. The number of nitrogens with one attached hydrogen (secondary N) is 2. The van der Waals surface area contributed by atoms with Crippen LogP contribution in [0, 0.1) is 18.6 Å². The van der Waals surface area contributed by atoms with Gasteiger partial charge < -0.3 is 20.6 Å². The number of halogens is 2. The molecule has 3 N–H and O–H groups in total. The number of benzene rings is 3. The van der Waals surface area contributed by atoms with Gasteiger partial charge in [0.15, 0.2) is 6.17 Å². The van der Waals surface area contributed by atoms with Gasteiger partial charge in [-0.15, -0.1) is 0 Å². The maximum absolute atomic E-state index is 14.0. The standard InChI is InChI=1S/C32H34F2N4O5/c1-19(2)21-8-10-26(11-9-21)35-32(43)38-13-5-12-37(31(42)23-15-24(33)17-25(34)16-23)30(38)29(41)36-27(18-28(39)40)22-7-4-6-20(3)14-22/h4,6-11,14-17,19,27,30H,5,12-13,18H2,1-3H3,(H,35,43)(H,36,41)(H,39,40). The van der Waals surface area contributed by atoms with E-state index >= 15 is 0 Å². The van der Waals surface area contributed by atoms with Crippen LogP contribution in [0.4, 0.5) is 19.3 Å². The van der Waals surface area contributed by atoms with E-state index in [4.69, 9.17) is 0 Å². The fourth-order valence-corrected chi connectivity index (χ4v) is 5.08. The SMILES string of the molecule is Cc1cccc(C(CC(=O)O)NC(=O)C2N(C(=O)Nc3ccc(C(C)C)cc3)CCCN2C(=O)c2cc(F)cc(F)c2)c1. The molecule has 2 atom stereocenters. The second-order valence-electron chi connectivity index (χ2n) is 10.9. The first kappa shape index (κ1) is 31.1. The van der Waals surface area contributed by atoms with Crippen LogP contribution in [0.25, 0.3) is 0 Å². The highest BCUT2D eigenvalue weighted by atomic mass is 19.1. The van der Waals surface area contributed by atoms with Crippen molar-refractivity contribution in [2.24, 2.45) is 0 Å². The Morgan fingerprint density at radius 1 is 0.907 bits per heavy atom. The van der Waals surface area contributed by atoms with Gasteiger partial charge >= 0.3 is 12.0 Å². The van der Waals surface area contributed by atoms with Gasteiger partial charge in [0.1, 0.15) is 11.6 Å². The molecule has 1 saturated heterocycles. The molecular weight excluding hydrogens is 558 g/mol. The molecule has 43 heavy (non-hydrogen) atoms. The van der Waals surface area contributed by atoms with Gasteiger partial charge in [-0.2, -0.15) is 0 Å². The number of rotatable bonds is 8. The van der Waals surface area contributed by atoms with Crippen molar-refractivity contribution in [2.75, 3.05) is 18.4 Å². The number of urea groups is 1. The van der Waals surface area contributed by atoms with Crippen molar-refractivity contribution in [2.45, 2.75) is 51.7 Å². The van der Waals surface area contributed by atoms with Gasteiger partial charge in [-0.05, 0) is 54.7 Å². The molecule has 1 fully saturated rings. The lowest BCUT2D eigenvalue weighted by Crippen LogP contribution is -2.64. The molecule has 3 aromatic rings. The molecule has 0 bridgehead atoms. The summed E-state index contributed by atoms with van der Waals surface area (Å²) >= 11 is 0. The number of aryl methyl sites for hydroxylation is 1. The van der Waals surface area contributed by atoms with E-state index in [9.17, 15) is 33.1 Å². The third-order valence-corrected chi connectivity index (χ3v) is 7.22. The van der Waals surface area contributed by atoms with Crippen LogP contribution in [-0.4, -0.2) is 58.0 Å². The maximum atomic E-state index is 14.0. The highest BCUT2D eigenvalue weighted by Crippen LogP contribution is 2.25. The molecule has 0 aliphatic carbocycles. The summed E-state index contributed by atoms with van der Waals surface area (Å²) in [6, 6.07) is 14.8. The largest absolute Gasteiger partial charge is 0.481 e. The lowest BCUT2D eigenvalue weighted by Gasteiger charge is -2.43. The molecule has 1 aliphatic rings. The normalized spacial score (nSPS) is 15.6. The zero-order valence-electron chi connectivity index (χ0n) is 24.1. The molecule has 1 heterocycles. The summed E-state index contributed by atoms with van der Waals surface area (Å²) in [4.78, 5) is 55.1. The van der Waals surface area contributed by atoms with Crippen molar-refractivity contribution < 1.29 is 33.1 Å². The number of anilines is 1. The summed E-state index contributed by atoms with van der Waals surface area (Å²) in [6.45, 7) is 5.99. The van der Waals surface area contributed by atoms with Crippen LogP contribution in [0.5, 0.6) is 0 Å². The molecule has 2 unspecified atom stereocenters. The maximum Gasteiger partial charge on any atom is 0.323 e. The lowest BCUT2D eigenvalue weighted by atomic mass is 10.0. The van der Waals surface area contributed by atoms with Crippen LogP contribution in [0.2, 0.25) is 0 Å². The third-order valence-electron chi connectivity index (χ3n) is 7.22. The molecule has 226 valence electrons. The number of amides is 4. The Kier molecular flexibility index (Phi) is 9.74. The second-order valence-corrected chi connectivity index (χ2v) is 10.9. The minimum absolute atomic E-state index is 0.00988. The van der Waals surface area contributed by atoms with Gasteiger partial charge in [0, 0.05) is 30.4 Å². The Hall–Kier alpha value is -4.80. The third kappa shape index (κ3) is 7.73. The zero-order chi connectivity index (χ0) is 31.3. The lowest BCUT2D eigenvalue weighted by molar-refractivity contribution is -0.138. The summed E-state index contributed by atoms with van der Waals surface area (Å²) in [7, 11) is 0. The summed E-state index contributed by atoms with van der Waals surface area (Å²) in [6.07, 6.45) is -1.72. The second kappa shape index (κ2) is 13.5. The van der Waals surface area contributed by atoms with Crippen molar-refractivity contribution in [3.05, 3.63) is 101 Å². The number of carbonyl (C=O) groups is 4. The summed E-state index contributed by atoms with van der Waals surface area (Å²) < 4.78 is 28.1. The van der Waals surface area contributed by atoms with Crippen molar-refractivity contribution in [3.63, 3.8) is 0 Å². The first-order chi connectivity index (χ1) is 20.4. The number of hydrogen-bond donors (Lipinski definition) is 3. The number of carboxylic acid groups (broad SMARTS) is 1. The molecule has 0 spiro atoms. The first-order valence-corrected chi connectivity index (χ1v) is 14.0. The zero-order valence-corrected chi connectivity index (χ0v) is 24.1. The Balaban J connectivity index is 1.69. The number of carboxylic acids is 1. The highest BCUT2D eigenvalue weighted by molar-refractivity contribution is 6.00. The minimum Gasteiger partial charge on any atom is -0.481 e. The topological polar surface area (TPSA) is 119 Å². The molecule has 0 aromatic heterocycles. The Bertz CT molecular complexity index is 1490. The van der Waals surface area contributed by atoms with Crippen LogP contribution in [0.1, 0.15) is 65.7 Å². The average molecular weight is 593 g/mol. The summed E-state index contributed by atoms with van der Waals surface area (Å²) in [5.41, 5.74) is 2.57. The van der Waals surface area contributed by atoms with E-state index in [-0.39, 0.29) is 31.0 Å². The van der Waals surface area contributed by atoms with E-state index < -0.39 is 54.1 Å². The Morgan fingerprint density at radius 2 is 1.56 bits per heavy atom. The van der Waals surface area contributed by atoms with Crippen LogP contribution < -0.4 is 10.6 Å². The van der Waals surface area contributed by atoms with E-state index in [1.807, 2.05) is 39.0 Å². The highest BCUT2D eigenvalue weighted by Gasteiger charge is 2.41. The van der Waals surface area contributed by atoms with E-state index in [0.717, 1.165) is 33.1 Å². The number of nitrogens with zero attached hydrogens (tertiary/aromatic N) is 2. The predicted molar refractivity (Wildman–Crippen MR) is 156 cm³/mol. The van der Waals surface area contributed by atoms with Gasteiger partial charge in [0.2, 0.25) is 0 Å². The summed E-state index contributed by atoms with van der Waals surface area (Å²) in [5, 5.41) is 15.0. The first-order valence-electron chi connectivity index (χ1n) is 14.0. The molecule has 3 aromatic carbocycles. The van der Waals surface area contributed by atoms with Crippen molar-refractivity contribution in [1.29, 1.82) is 0 Å². The monoisotopic (exact) mass is 592 g/mol. The van der Waals surface area contributed by atoms with Gasteiger partial charge in [0.05, 0.1) is 12.5 Å². The van der Waals surface area contributed by atoms with Crippen molar-refractivity contribution >= 4 is 29.5 Å². The average Bonchev–Trinajstić information content (AvgIpc) is 2.95. The molecular formula is C32H34F2N4O5. The Morgan fingerprint density at radius 3 is 2.16 bits per heavy atom. The van der Waals surface area contributed by atoms with Crippen LogP contribution in [-0.2, 0) is 9.59 Å². The van der Waals surface area contributed by atoms with Crippen molar-refractivity contribution in [1.82, 2.24) is 15.1 Å². The minimum atomic E-state index is -1.54. The molecule has 1 aliphatic heterocycles. The van der Waals surface area contributed by atoms with Gasteiger partial charge in [-0.3, -0.25) is 19.3 Å². The summed E-state index contributed by atoms with van der Waals surface area (Å²) in [5.74, 6) is -4.51. The molecule has 0 saturated carbocycles. The van der Waals surface area contributed by atoms with Crippen LogP contribution in [0.15, 0.2) is 66.7 Å². The fraction of sp³-hybridized carbons (Fsp3) is 0.312. The number of carbonyl (C=O) groups excluding carboxylic acids is 3. The molecule has 4 rings (SSSR count). The van der Waals surface area contributed by atoms with E-state index in [2.05, 4.69) is 10.6 Å². The molecule has 0 radical (unpaired) electrons. The van der Waals surface area contributed by atoms with Crippen molar-refractivity contribution in [3.8, 4) is 0 Å². The number of hydrogen-bond acceptors (Lipinski definition) is 4. The quantitative estimate of drug-likeness (QED) is 0.322. The van der Waals surface area contributed by atoms with E-state index in [1.165, 1.54) is 0 Å². The van der Waals surface area contributed by atoms with Crippen LogP contribution >= 0.6 is 0 Å². The fourth-order valence-electron chi connectivity index (χ4n) is 5.08. The smallest absolute Gasteiger partial charge is 0.323 e.